The summed E-state index contributed by atoms with van der Waals surface area (Å²) >= 11 is 0. The Morgan fingerprint density at radius 3 is 2.04 bits per heavy atom. The number of fused-ring (bicyclic) bond motifs is 3. The average Bonchev–Trinajstić information content (AvgIpc) is 3.22. The smallest absolute Gasteiger partial charge is 0.155 e. The summed E-state index contributed by atoms with van der Waals surface area (Å²) in [5, 5.41) is 5.00. The van der Waals surface area contributed by atoms with Crippen LogP contribution < -0.4 is 0 Å². The van der Waals surface area contributed by atoms with E-state index in [9.17, 15) is 0 Å². The Hall–Kier alpha value is -6.71. The van der Waals surface area contributed by atoms with Gasteiger partial charge in [-0.25, -0.2) is 9.98 Å². The average molecular weight is 682 g/mol. The number of benzene rings is 7. The number of aryl methyl sites for hydroxylation is 1. The Kier molecular flexibility index (Phi) is 9.38. The summed E-state index contributed by atoms with van der Waals surface area (Å²) in [7, 11) is 0. The zero-order valence-corrected chi connectivity index (χ0v) is 30.0. The third-order valence-corrected chi connectivity index (χ3v) is 9.81. The summed E-state index contributed by atoms with van der Waals surface area (Å²) in [5.41, 5.74) is 12.5. The van der Waals surface area contributed by atoms with Gasteiger partial charge in [0.1, 0.15) is 0 Å². The summed E-state index contributed by atoms with van der Waals surface area (Å²) in [6.07, 6.45) is 1.82. The van der Waals surface area contributed by atoms with E-state index < -0.39 is 0 Å². The Balaban J connectivity index is 1.28. The van der Waals surface area contributed by atoms with Gasteiger partial charge in [0, 0.05) is 16.8 Å². The Bertz CT molecular complexity index is 2670. The monoisotopic (exact) mass is 681 g/mol. The Labute approximate surface area is 311 Å². The minimum absolute atomic E-state index is 0.543. The predicted octanol–water partition coefficient (Wildman–Crippen LogP) is 12.8. The molecule has 254 valence electrons. The molecule has 0 fully saturated rings. The molecule has 53 heavy (non-hydrogen) atoms. The second kappa shape index (κ2) is 14.9. The van der Waals surface area contributed by atoms with Crippen molar-refractivity contribution in [2.24, 2.45) is 9.98 Å². The van der Waals surface area contributed by atoms with Crippen molar-refractivity contribution in [1.29, 1.82) is 0 Å². The van der Waals surface area contributed by atoms with Crippen LogP contribution in [0.3, 0.4) is 0 Å². The van der Waals surface area contributed by atoms with Crippen LogP contribution in [-0.4, -0.2) is 16.5 Å². The van der Waals surface area contributed by atoms with Gasteiger partial charge in [0.05, 0.1) is 17.9 Å². The molecule has 1 aromatic heterocycles. The van der Waals surface area contributed by atoms with Crippen LogP contribution in [-0.2, 0) is 6.54 Å². The van der Waals surface area contributed by atoms with Crippen molar-refractivity contribution in [2.75, 3.05) is 0 Å². The summed E-state index contributed by atoms with van der Waals surface area (Å²) in [5.74, 6) is 0.700. The zero-order chi connectivity index (χ0) is 36.1. The molecule has 8 rings (SSSR count). The minimum Gasteiger partial charge on any atom is -0.261 e. The quantitative estimate of drug-likeness (QED) is 0.0893. The van der Waals surface area contributed by atoms with E-state index >= 15 is 0 Å². The third kappa shape index (κ3) is 7.11. The second-order valence-corrected chi connectivity index (χ2v) is 13.4. The molecule has 0 spiro atoms. The van der Waals surface area contributed by atoms with Gasteiger partial charge in [0.2, 0.25) is 0 Å². The molecule has 0 aliphatic heterocycles. The maximum Gasteiger partial charge on any atom is 0.155 e. The first kappa shape index (κ1) is 33.4. The van der Waals surface area contributed by atoms with E-state index in [2.05, 4.69) is 154 Å². The van der Waals surface area contributed by atoms with Crippen LogP contribution in [0.2, 0.25) is 0 Å². The largest absolute Gasteiger partial charge is 0.261 e. The lowest BCUT2D eigenvalue weighted by Crippen LogP contribution is -2.05. The number of rotatable bonds is 8. The molecule has 3 nitrogen and oxygen atoms in total. The lowest BCUT2D eigenvalue weighted by atomic mass is 9.91. The number of amidine groups is 1. The van der Waals surface area contributed by atoms with Crippen LogP contribution in [0.1, 0.15) is 34.9 Å². The van der Waals surface area contributed by atoms with Crippen LogP contribution in [0.5, 0.6) is 0 Å². The molecule has 0 bridgehead atoms. The maximum absolute atomic E-state index is 5.21. The molecule has 0 unspecified atom stereocenters. The molecule has 0 atom stereocenters. The highest BCUT2D eigenvalue weighted by molar-refractivity contribution is 6.14. The molecule has 0 N–H and O–H groups in total. The highest BCUT2D eigenvalue weighted by Gasteiger charge is 2.14. The molecule has 0 saturated heterocycles. The molecule has 0 saturated carbocycles. The molecule has 0 amide bonds. The van der Waals surface area contributed by atoms with E-state index in [1.54, 1.807) is 0 Å². The minimum atomic E-state index is 0.543. The van der Waals surface area contributed by atoms with Crippen LogP contribution in [0, 0.1) is 6.92 Å². The molecule has 8 aromatic rings. The maximum atomic E-state index is 5.21. The van der Waals surface area contributed by atoms with E-state index in [4.69, 9.17) is 15.0 Å². The molecule has 0 aliphatic carbocycles. The molecule has 1 heterocycles. The van der Waals surface area contributed by atoms with Crippen molar-refractivity contribution in [3.05, 3.63) is 204 Å². The van der Waals surface area contributed by atoms with Gasteiger partial charge in [-0.1, -0.05) is 140 Å². The number of hydrogen-bond acceptors (Lipinski definition) is 2. The second-order valence-electron chi connectivity index (χ2n) is 13.4. The normalized spacial score (nSPS) is 12.0. The summed E-state index contributed by atoms with van der Waals surface area (Å²) in [6.45, 7) is 8.70. The van der Waals surface area contributed by atoms with Crippen molar-refractivity contribution in [2.45, 2.75) is 20.4 Å². The van der Waals surface area contributed by atoms with E-state index in [0.717, 1.165) is 56.0 Å². The molecule has 3 heteroatoms. The first-order chi connectivity index (χ1) is 26.0. The van der Waals surface area contributed by atoms with Crippen molar-refractivity contribution < 1.29 is 0 Å². The van der Waals surface area contributed by atoms with Crippen LogP contribution in [0.4, 0.5) is 0 Å². The van der Waals surface area contributed by atoms with Gasteiger partial charge < -0.3 is 0 Å². The molecule has 0 radical (unpaired) electrons. The number of hydrogen-bond donors (Lipinski definition) is 0. The fourth-order valence-corrected chi connectivity index (χ4v) is 6.97. The van der Waals surface area contributed by atoms with Crippen molar-refractivity contribution in [1.82, 2.24) is 4.98 Å². The SMILES string of the molecule is C=Cc1nc(-c2cc(C(C)=NC(=NCc3ccccc3)c3ccccc3)cc(-c3cccc(-c4cc5ccccc5c5ccccc45)c3)c2)ccc1C. The standard InChI is InChI=1S/C50H39N3/c1-4-48-34(2)26-27-49(53-48)43-30-41(35(3)52-50(37-18-9-6-10-19-37)51-33-36-16-7-5-8-17-36)29-42(31-43)38-21-15-22-39(28-38)47-32-40-20-11-12-23-44(40)45-24-13-14-25-46(45)47/h4-32H,1,33H2,2-3H3. The Morgan fingerprint density at radius 2 is 1.25 bits per heavy atom. The molecular formula is C50H39N3. The van der Waals surface area contributed by atoms with Crippen LogP contribution in [0.25, 0.3) is 61.1 Å². The Morgan fingerprint density at radius 1 is 0.585 bits per heavy atom. The van der Waals surface area contributed by atoms with Gasteiger partial charge in [-0.05, 0) is 117 Å². The molecule has 7 aromatic carbocycles. The van der Waals surface area contributed by atoms with Crippen molar-refractivity contribution >= 4 is 39.2 Å². The lowest BCUT2D eigenvalue weighted by Gasteiger charge is -2.14. The first-order valence-corrected chi connectivity index (χ1v) is 18.0. The van der Waals surface area contributed by atoms with Gasteiger partial charge >= 0.3 is 0 Å². The highest BCUT2D eigenvalue weighted by atomic mass is 14.9. The van der Waals surface area contributed by atoms with Gasteiger partial charge in [0.25, 0.3) is 0 Å². The number of aromatic nitrogens is 1. The van der Waals surface area contributed by atoms with Gasteiger partial charge in [-0.15, -0.1) is 0 Å². The van der Waals surface area contributed by atoms with Crippen LogP contribution in [0.15, 0.2) is 186 Å². The third-order valence-electron chi connectivity index (χ3n) is 9.81. The highest BCUT2D eigenvalue weighted by Crippen LogP contribution is 2.37. The summed E-state index contributed by atoms with van der Waals surface area (Å²) < 4.78 is 0. The van der Waals surface area contributed by atoms with E-state index in [1.807, 2.05) is 42.5 Å². The zero-order valence-electron chi connectivity index (χ0n) is 30.0. The van der Waals surface area contributed by atoms with E-state index in [-0.39, 0.29) is 0 Å². The summed E-state index contributed by atoms with van der Waals surface area (Å²) in [6, 6.07) is 59.9. The number of pyridine rings is 1. The molecule has 0 aliphatic rings. The topological polar surface area (TPSA) is 37.6 Å². The number of aliphatic imine (C=N–C) groups is 2. The molecular weight excluding hydrogens is 643 g/mol. The van der Waals surface area contributed by atoms with Gasteiger partial charge in [-0.2, -0.15) is 0 Å². The summed E-state index contributed by atoms with van der Waals surface area (Å²) in [4.78, 5) is 15.2. The van der Waals surface area contributed by atoms with Gasteiger partial charge in [-0.3, -0.25) is 4.99 Å². The van der Waals surface area contributed by atoms with E-state index in [0.29, 0.717) is 12.4 Å². The van der Waals surface area contributed by atoms with Crippen molar-refractivity contribution in [3.8, 4) is 33.5 Å². The van der Waals surface area contributed by atoms with Gasteiger partial charge in [0.15, 0.2) is 5.84 Å². The van der Waals surface area contributed by atoms with E-state index in [1.165, 1.54) is 32.7 Å². The van der Waals surface area contributed by atoms with Crippen molar-refractivity contribution in [3.63, 3.8) is 0 Å². The first-order valence-electron chi connectivity index (χ1n) is 18.0. The van der Waals surface area contributed by atoms with Crippen LogP contribution >= 0.6 is 0 Å². The lowest BCUT2D eigenvalue weighted by molar-refractivity contribution is 1.06. The number of nitrogens with zero attached hydrogens (tertiary/aromatic N) is 3. The fraction of sp³-hybridized carbons (Fsp3) is 0.0600. The predicted molar refractivity (Wildman–Crippen MR) is 226 cm³/mol. The fourth-order valence-electron chi connectivity index (χ4n) is 6.97.